The summed E-state index contributed by atoms with van der Waals surface area (Å²) in [5.41, 5.74) is 0.358. The molecular weight excluding hydrogens is 482 g/mol. The van der Waals surface area contributed by atoms with Gasteiger partial charge in [-0.05, 0) is 50.3 Å². The molecule has 7 nitrogen and oxygen atoms in total. The molecule has 33 heavy (non-hydrogen) atoms. The van der Waals surface area contributed by atoms with E-state index in [0.717, 1.165) is 12.8 Å². The molecule has 3 rings (SSSR count). The Kier molecular flexibility index (Phi) is 8.50. The molecule has 182 valence electrons. The van der Waals surface area contributed by atoms with Crippen LogP contribution in [0.15, 0.2) is 28.2 Å². The van der Waals surface area contributed by atoms with E-state index in [0.29, 0.717) is 40.0 Å². The van der Waals surface area contributed by atoms with E-state index < -0.39 is 9.84 Å². The van der Waals surface area contributed by atoms with Crippen molar-refractivity contribution in [3.8, 4) is 0 Å². The van der Waals surface area contributed by atoms with Crippen molar-refractivity contribution in [1.29, 1.82) is 0 Å². The first kappa shape index (κ1) is 26.0. The summed E-state index contributed by atoms with van der Waals surface area (Å²) >= 11 is 7.34. The van der Waals surface area contributed by atoms with Crippen molar-refractivity contribution < 1.29 is 13.2 Å². The van der Waals surface area contributed by atoms with Crippen LogP contribution >= 0.6 is 23.4 Å². The first-order chi connectivity index (χ1) is 15.5. The summed E-state index contributed by atoms with van der Waals surface area (Å²) in [7, 11) is -3.11. The van der Waals surface area contributed by atoms with Gasteiger partial charge >= 0.3 is 0 Å². The van der Waals surface area contributed by atoms with E-state index in [-0.39, 0.29) is 40.8 Å². The molecule has 0 aliphatic carbocycles. The minimum absolute atomic E-state index is 0.0135. The molecule has 0 bridgehead atoms. The van der Waals surface area contributed by atoms with Crippen LogP contribution in [0.4, 0.5) is 0 Å². The Bertz CT molecular complexity index is 1180. The van der Waals surface area contributed by atoms with E-state index in [2.05, 4.69) is 18.8 Å². The zero-order chi connectivity index (χ0) is 24.3. The number of thioether (sulfide) groups is 1. The van der Waals surface area contributed by atoms with Crippen LogP contribution < -0.4 is 5.56 Å². The fourth-order valence-corrected chi connectivity index (χ4v) is 6.84. The highest BCUT2D eigenvalue weighted by Crippen LogP contribution is 2.25. The number of rotatable bonds is 9. The summed E-state index contributed by atoms with van der Waals surface area (Å²) in [6.07, 6.45) is 2.01. The third-order valence-electron chi connectivity index (χ3n) is 6.09. The Hall–Kier alpha value is -1.58. The number of amides is 1. The number of carbonyl (C=O) groups is 1. The second kappa shape index (κ2) is 10.8. The molecule has 0 spiro atoms. The number of carbonyl (C=O) groups excluding carboxylic acids is 1. The summed E-state index contributed by atoms with van der Waals surface area (Å²) < 4.78 is 25.7. The van der Waals surface area contributed by atoms with Gasteiger partial charge in [0.15, 0.2) is 15.0 Å². The van der Waals surface area contributed by atoms with E-state index >= 15 is 0 Å². The minimum atomic E-state index is -3.11. The van der Waals surface area contributed by atoms with Gasteiger partial charge in [0, 0.05) is 23.7 Å². The van der Waals surface area contributed by atoms with Crippen molar-refractivity contribution >= 4 is 50.0 Å². The minimum Gasteiger partial charge on any atom is -0.335 e. The maximum absolute atomic E-state index is 13.3. The number of fused-ring (bicyclic) bond motifs is 1. The topological polar surface area (TPSA) is 89.3 Å². The zero-order valence-corrected chi connectivity index (χ0v) is 22.0. The number of nitrogens with zero attached hydrogens (tertiary/aromatic N) is 3. The smallest absolute Gasteiger partial charge is 0.262 e. The second-order valence-electron chi connectivity index (χ2n) is 9.10. The van der Waals surface area contributed by atoms with Gasteiger partial charge in [-0.3, -0.25) is 14.2 Å². The lowest BCUT2D eigenvalue weighted by Gasteiger charge is -2.33. The molecule has 2 unspecified atom stereocenters. The quantitative estimate of drug-likeness (QED) is 0.372. The van der Waals surface area contributed by atoms with E-state index in [9.17, 15) is 18.0 Å². The molecule has 1 aliphatic heterocycles. The fourth-order valence-electron chi connectivity index (χ4n) is 4.07. The van der Waals surface area contributed by atoms with Crippen LogP contribution in [0.5, 0.6) is 0 Å². The SMILES string of the molecule is CCC(C)N(C(=O)CSc1nc2cc(Cl)ccc2c(=O)n1CCC(C)C)C1CCS(=O)(=O)C1. The van der Waals surface area contributed by atoms with Crippen LogP contribution in [0.3, 0.4) is 0 Å². The van der Waals surface area contributed by atoms with Crippen molar-refractivity contribution in [1.82, 2.24) is 14.5 Å². The van der Waals surface area contributed by atoms with Gasteiger partial charge < -0.3 is 4.90 Å². The van der Waals surface area contributed by atoms with E-state index in [1.807, 2.05) is 13.8 Å². The van der Waals surface area contributed by atoms with Crippen molar-refractivity contribution in [3.05, 3.63) is 33.6 Å². The van der Waals surface area contributed by atoms with Gasteiger partial charge in [-0.15, -0.1) is 0 Å². The molecule has 1 aromatic heterocycles. The van der Waals surface area contributed by atoms with Crippen LogP contribution in [0.2, 0.25) is 5.02 Å². The van der Waals surface area contributed by atoms with Crippen LogP contribution in [-0.2, 0) is 21.2 Å². The molecule has 0 radical (unpaired) electrons. The average molecular weight is 514 g/mol. The van der Waals surface area contributed by atoms with Gasteiger partial charge in [-0.1, -0.05) is 44.1 Å². The first-order valence-corrected chi connectivity index (χ1v) is 14.6. The average Bonchev–Trinajstić information content (AvgIpc) is 3.10. The molecule has 10 heteroatoms. The molecule has 2 atom stereocenters. The maximum atomic E-state index is 13.3. The van der Waals surface area contributed by atoms with Gasteiger partial charge in [0.05, 0.1) is 28.2 Å². The predicted molar refractivity (Wildman–Crippen MR) is 135 cm³/mol. The van der Waals surface area contributed by atoms with E-state index in [4.69, 9.17) is 11.6 Å². The number of sulfone groups is 1. The zero-order valence-electron chi connectivity index (χ0n) is 19.6. The maximum Gasteiger partial charge on any atom is 0.262 e. The van der Waals surface area contributed by atoms with Crippen LogP contribution in [0.25, 0.3) is 10.9 Å². The molecule has 2 aromatic rings. The van der Waals surface area contributed by atoms with Gasteiger partial charge in [0.2, 0.25) is 5.91 Å². The van der Waals surface area contributed by atoms with Crippen molar-refractivity contribution in [3.63, 3.8) is 0 Å². The Labute approximate surface area is 204 Å². The molecule has 1 aromatic carbocycles. The number of hydrogen-bond donors (Lipinski definition) is 0. The second-order valence-corrected chi connectivity index (χ2v) is 12.7. The highest BCUT2D eigenvalue weighted by atomic mass is 35.5. The number of halogens is 1. The lowest BCUT2D eigenvalue weighted by atomic mass is 10.1. The first-order valence-electron chi connectivity index (χ1n) is 11.4. The summed E-state index contributed by atoms with van der Waals surface area (Å²) in [4.78, 5) is 32.9. The van der Waals surface area contributed by atoms with E-state index in [1.165, 1.54) is 11.8 Å². The third-order valence-corrected chi connectivity index (χ3v) is 9.04. The molecule has 1 aliphatic rings. The molecular formula is C23H32ClN3O4S2. The van der Waals surface area contributed by atoms with Crippen molar-refractivity contribution in [2.45, 2.75) is 70.7 Å². The number of aromatic nitrogens is 2. The molecule has 2 heterocycles. The summed E-state index contributed by atoms with van der Waals surface area (Å²) in [5.74, 6) is 0.489. The van der Waals surface area contributed by atoms with Crippen molar-refractivity contribution in [2.24, 2.45) is 5.92 Å². The lowest BCUT2D eigenvalue weighted by molar-refractivity contribution is -0.132. The Morgan fingerprint density at radius 3 is 2.67 bits per heavy atom. The highest BCUT2D eigenvalue weighted by molar-refractivity contribution is 7.99. The third kappa shape index (κ3) is 6.31. The molecule has 1 amide bonds. The van der Waals surface area contributed by atoms with E-state index in [1.54, 1.807) is 27.7 Å². The Morgan fingerprint density at radius 1 is 1.33 bits per heavy atom. The predicted octanol–water partition coefficient (Wildman–Crippen LogP) is 4.00. The Morgan fingerprint density at radius 2 is 2.06 bits per heavy atom. The fraction of sp³-hybridized carbons (Fsp3) is 0.609. The van der Waals surface area contributed by atoms with Gasteiger partial charge in [-0.2, -0.15) is 0 Å². The molecule has 1 saturated heterocycles. The number of hydrogen-bond acceptors (Lipinski definition) is 6. The van der Waals surface area contributed by atoms with Gasteiger partial charge in [-0.25, -0.2) is 13.4 Å². The standard InChI is InChI=1S/C23H32ClN3O4S2/c1-5-16(4)27(18-9-11-33(30,31)14-18)21(28)13-32-23-25-20-12-17(24)6-7-19(20)22(29)26(23)10-8-15(2)3/h6-7,12,15-16,18H,5,8-11,13-14H2,1-4H3. The summed E-state index contributed by atoms with van der Waals surface area (Å²) in [5, 5.41) is 1.47. The Balaban J connectivity index is 1.89. The summed E-state index contributed by atoms with van der Waals surface area (Å²) in [6.45, 7) is 8.63. The number of benzene rings is 1. The van der Waals surface area contributed by atoms with Gasteiger partial charge in [0.1, 0.15) is 0 Å². The lowest BCUT2D eigenvalue weighted by Crippen LogP contribution is -2.47. The molecule has 0 saturated carbocycles. The summed E-state index contributed by atoms with van der Waals surface area (Å²) in [6, 6.07) is 4.65. The normalized spacial score (nSPS) is 18.7. The van der Waals surface area contributed by atoms with Crippen LogP contribution in [0.1, 0.15) is 47.0 Å². The van der Waals surface area contributed by atoms with Gasteiger partial charge in [0.25, 0.3) is 5.56 Å². The van der Waals surface area contributed by atoms with Crippen molar-refractivity contribution in [2.75, 3.05) is 17.3 Å². The largest absolute Gasteiger partial charge is 0.335 e. The molecule has 1 fully saturated rings. The van der Waals surface area contributed by atoms with Crippen LogP contribution in [-0.4, -0.2) is 58.1 Å². The highest BCUT2D eigenvalue weighted by Gasteiger charge is 2.36. The van der Waals surface area contributed by atoms with Crippen LogP contribution in [0, 0.1) is 5.92 Å². The monoisotopic (exact) mass is 513 g/mol. The molecule has 0 N–H and O–H groups in total.